The van der Waals surface area contributed by atoms with Gasteiger partial charge in [-0.15, -0.1) is 11.8 Å². The van der Waals surface area contributed by atoms with Gasteiger partial charge >= 0.3 is 0 Å². The minimum atomic E-state index is 0.253. The first-order chi connectivity index (χ1) is 8.69. The van der Waals surface area contributed by atoms with Crippen molar-refractivity contribution in [2.24, 2.45) is 5.73 Å². The van der Waals surface area contributed by atoms with Gasteiger partial charge in [-0.3, -0.25) is 0 Å². The summed E-state index contributed by atoms with van der Waals surface area (Å²) in [7, 11) is 0. The Morgan fingerprint density at radius 2 is 1.67 bits per heavy atom. The smallest absolute Gasteiger partial charge is 0.0466 e. The Morgan fingerprint density at radius 3 is 2.22 bits per heavy atom. The number of hydrogen-bond donors (Lipinski definition) is 1. The maximum absolute atomic E-state index is 5.89. The summed E-state index contributed by atoms with van der Waals surface area (Å²) in [4.78, 5) is 1.21. The second kappa shape index (κ2) is 6.62. The molecule has 0 aliphatic carbocycles. The molecule has 2 rings (SSSR count). The van der Waals surface area contributed by atoms with Crippen LogP contribution >= 0.6 is 39.3 Å². The van der Waals surface area contributed by atoms with Gasteiger partial charge in [0.15, 0.2) is 0 Å². The maximum atomic E-state index is 5.89. The van der Waals surface area contributed by atoms with Crippen LogP contribution in [0.15, 0.2) is 57.9 Å². The zero-order chi connectivity index (χ0) is 13.0. The first-order valence-corrected chi connectivity index (χ1v) is 7.62. The van der Waals surface area contributed by atoms with Crippen molar-refractivity contribution in [3.8, 4) is 0 Å². The molecule has 0 aliphatic heterocycles. The van der Waals surface area contributed by atoms with Gasteiger partial charge in [-0.05, 0) is 42.0 Å². The molecule has 0 amide bonds. The van der Waals surface area contributed by atoms with E-state index >= 15 is 0 Å². The number of nitrogens with two attached hydrogens (primary N) is 1. The summed E-state index contributed by atoms with van der Waals surface area (Å²) in [6.07, 6.45) is 0. The normalized spacial score (nSPS) is 12.4. The van der Waals surface area contributed by atoms with Gasteiger partial charge < -0.3 is 5.73 Å². The molecular formula is C14H13BrClNS. The van der Waals surface area contributed by atoms with E-state index in [1.54, 1.807) is 11.8 Å². The number of benzene rings is 2. The number of hydrogen-bond acceptors (Lipinski definition) is 2. The monoisotopic (exact) mass is 341 g/mol. The molecule has 2 aromatic carbocycles. The molecule has 1 nitrogen and oxygen atoms in total. The van der Waals surface area contributed by atoms with Crippen molar-refractivity contribution in [3.63, 3.8) is 0 Å². The molecule has 0 radical (unpaired) electrons. The summed E-state index contributed by atoms with van der Waals surface area (Å²) in [5, 5.41) is 1.01. The zero-order valence-electron chi connectivity index (χ0n) is 9.64. The van der Waals surface area contributed by atoms with Gasteiger partial charge in [0.05, 0.1) is 0 Å². The van der Waals surface area contributed by atoms with Crippen molar-refractivity contribution in [1.82, 2.24) is 0 Å². The van der Waals surface area contributed by atoms with E-state index in [-0.39, 0.29) is 5.25 Å². The molecule has 0 saturated heterocycles. The van der Waals surface area contributed by atoms with Crippen molar-refractivity contribution in [1.29, 1.82) is 0 Å². The van der Waals surface area contributed by atoms with Crippen LogP contribution in [0.5, 0.6) is 0 Å². The lowest BCUT2D eigenvalue weighted by Gasteiger charge is -2.15. The van der Waals surface area contributed by atoms with E-state index < -0.39 is 0 Å². The van der Waals surface area contributed by atoms with Crippen LogP contribution in [0, 0.1) is 0 Å². The van der Waals surface area contributed by atoms with E-state index in [1.807, 2.05) is 36.4 Å². The molecule has 0 aromatic heterocycles. The molecule has 4 heteroatoms. The van der Waals surface area contributed by atoms with Crippen LogP contribution in [0.1, 0.15) is 10.8 Å². The summed E-state index contributed by atoms with van der Waals surface area (Å²) >= 11 is 11.1. The molecule has 1 unspecified atom stereocenters. The van der Waals surface area contributed by atoms with Crippen molar-refractivity contribution < 1.29 is 0 Å². The largest absolute Gasteiger partial charge is 0.329 e. The molecule has 2 aromatic rings. The van der Waals surface area contributed by atoms with Crippen molar-refractivity contribution >= 4 is 39.3 Å². The fourth-order valence-electron chi connectivity index (χ4n) is 1.61. The predicted octanol–water partition coefficient (Wildman–Crippen LogP) is 4.89. The molecule has 0 fully saturated rings. The highest BCUT2D eigenvalue weighted by Gasteiger charge is 2.11. The van der Waals surface area contributed by atoms with E-state index in [0.717, 1.165) is 9.50 Å². The summed E-state index contributed by atoms with van der Waals surface area (Å²) in [5.41, 5.74) is 7.06. The molecule has 0 aliphatic rings. The average Bonchev–Trinajstić information content (AvgIpc) is 2.39. The lowest BCUT2D eigenvalue weighted by Crippen LogP contribution is -2.09. The van der Waals surface area contributed by atoms with Crippen LogP contribution in [0.25, 0.3) is 0 Å². The molecule has 0 heterocycles. The Bertz CT molecular complexity index is 498. The second-order valence-corrected chi connectivity index (χ2v) is 6.48. The summed E-state index contributed by atoms with van der Waals surface area (Å²) in [6, 6.07) is 16.1. The van der Waals surface area contributed by atoms with Gasteiger partial charge in [0.25, 0.3) is 0 Å². The van der Waals surface area contributed by atoms with Gasteiger partial charge in [-0.25, -0.2) is 0 Å². The number of rotatable bonds is 4. The maximum Gasteiger partial charge on any atom is 0.0466 e. The highest BCUT2D eigenvalue weighted by Crippen LogP contribution is 2.35. The van der Waals surface area contributed by atoms with E-state index in [2.05, 4.69) is 28.1 Å². The number of halogens is 2. The summed E-state index contributed by atoms with van der Waals surface area (Å²) < 4.78 is 1.09. The van der Waals surface area contributed by atoms with Crippen LogP contribution in [0.2, 0.25) is 5.02 Å². The van der Waals surface area contributed by atoms with Gasteiger partial charge in [-0.1, -0.05) is 39.7 Å². The summed E-state index contributed by atoms with van der Waals surface area (Å²) in [6.45, 7) is 0.600. The lowest BCUT2D eigenvalue weighted by molar-refractivity contribution is 0.941. The Morgan fingerprint density at radius 1 is 1.06 bits per heavy atom. The van der Waals surface area contributed by atoms with Crippen molar-refractivity contribution in [2.45, 2.75) is 10.1 Å². The molecule has 94 valence electrons. The first kappa shape index (κ1) is 13.9. The van der Waals surface area contributed by atoms with Crippen molar-refractivity contribution in [2.75, 3.05) is 6.54 Å². The second-order valence-electron chi connectivity index (χ2n) is 3.85. The van der Waals surface area contributed by atoms with Crippen LogP contribution in [0.3, 0.4) is 0 Å². The van der Waals surface area contributed by atoms with Crippen molar-refractivity contribution in [3.05, 3.63) is 63.6 Å². The molecule has 18 heavy (non-hydrogen) atoms. The Kier molecular flexibility index (Phi) is 5.13. The Labute approximate surface area is 125 Å². The van der Waals surface area contributed by atoms with Crippen LogP contribution in [-0.2, 0) is 0 Å². The van der Waals surface area contributed by atoms with E-state index in [9.17, 15) is 0 Å². The van der Waals surface area contributed by atoms with E-state index in [4.69, 9.17) is 17.3 Å². The summed E-state index contributed by atoms with van der Waals surface area (Å²) in [5.74, 6) is 0. The van der Waals surface area contributed by atoms with Gasteiger partial charge in [-0.2, -0.15) is 0 Å². The van der Waals surface area contributed by atoms with Gasteiger partial charge in [0.1, 0.15) is 0 Å². The minimum Gasteiger partial charge on any atom is -0.329 e. The lowest BCUT2D eigenvalue weighted by atomic mass is 10.1. The quantitative estimate of drug-likeness (QED) is 0.800. The Hall–Kier alpha value is -0.480. The third-order valence-corrected chi connectivity index (χ3v) is 4.62. The fourth-order valence-corrected chi connectivity index (χ4v) is 3.01. The highest BCUT2D eigenvalue weighted by atomic mass is 79.9. The topological polar surface area (TPSA) is 26.0 Å². The standard InChI is InChI=1S/C14H13BrClNS/c15-11-3-7-13(8-4-11)18-14(9-17)10-1-5-12(16)6-2-10/h1-8,14H,9,17H2. The molecule has 0 saturated carbocycles. The third-order valence-electron chi connectivity index (χ3n) is 2.55. The highest BCUT2D eigenvalue weighted by molar-refractivity contribution is 9.10. The predicted molar refractivity (Wildman–Crippen MR) is 83.2 cm³/mol. The van der Waals surface area contributed by atoms with Crippen LogP contribution in [0.4, 0.5) is 0 Å². The molecule has 2 N–H and O–H groups in total. The molecule has 0 spiro atoms. The number of thioether (sulfide) groups is 1. The minimum absolute atomic E-state index is 0.253. The fraction of sp³-hybridized carbons (Fsp3) is 0.143. The molecular weight excluding hydrogens is 330 g/mol. The Balaban J connectivity index is 2.14. The molecule has 0 bridgehead atoms. The SMILES string of the molecule is NCC(Sc1ccc(Br)cc1)c1ccc(Cl)cc1. The van der Waals surface area contributed by atoms with E-state index in [1.165, 1.54) is 10.5 Å². The van der Waals surface area contributed by atoms with E-state index in [0.29, 0.717) is 6.54 Å². The van der Waals surface area contributed by atoms with Crippen LogP contribution < -0.4 is 5.73 Å². The first-order valence-electron chi connectivity index (χ1n) is 5.57. The average molecular weight is 343 g/mol. The van der Waals surface area contributed by atoms with Crippen LogP contribution in [-0.4, -0.2) is 6.54 Å². The molecule has 1 atom stereocenters. The third kappa shape index (κ3) is 3.75. The van der Waals surface area contributed by atoms with Gasteiger partial charge in [0.2, 0.25) is 0 Å². The van der Waals surface area contributed by atoms with Gasteiger partial charge in [0, 0.05) is 26.2 Å². The zero-order valence-corrected chi connectivity index (χ0v) is 12.8.